The van der Waals surface area contributed by atoms with Crippen LogP contribution in [0.3, 0.4) is 0 Å². The molecule has 0 N–H and O–H groups in total. The summed E-state index contributed by atoms with van der Waals surface area (Å²) in [4.78, 5) is 0. The molecule has 8 heavy (non-hydrogen) atoms. The molecular formula is C6H10N2. The maximum atomic E-state index is 3.93. The zero-order chi connectivity index (χ0) is 5.98. The van der Waals surface area contributed by atoms with Gasteiger partial charge < -0.3 is 0 Å². The molecule has 2 heteroatoms. The summed E-state index contributed by atoms with van der Waals surface area (Å²) in [5.41, 5.74) is 1.33. The molecule has 1 atom stereocenters. The molecular weight excluding hydrogens is 100 g/mol. The lowest BCUT2D eigenvalue weighted by Gasteiger charge is -2.06. The summed E-state index contributed by atoms with van der Waals surface area (Å²) >= 11 is 0. The van der Waals surface area contributed by atoms with Gasteiger partial charge in [0, 0.05) is 6.20 Å². The van der Waals surface area contributed by atoms with Gasteiger partial charge in [-0.15, -0.1) is 0 Å². The average Bonchev–Trinajstić information content (AvgIpc) is 1.64. The van der Waals surface area contributed by atoms with Gasteiger partial charge in [-0.05, 0) is 20.3 Å². The highest BCUT2D eigenvalue weighted by Crippen LogP contribution is 2.12. The standard InChI is InChI=1S/C6H10N2/c1-5-3-6(2)8-7-4-5/h4,6H,3H2,1-2H3. The third-order valence-corrected chi connectivity index (χ3v) is 1.16. The normalized spacial score (nSPS) is 27.8. The molecule has 0 bridgehead atoms. The molecule has 1 rings (SSSR count). The van der Waals surface area contributed by atoms with Gasteiger partial charge in [0.25, 0.3) is 0 Å². The van der Waals surface area contributed by atoms with Crippen LogP contribution in [0.4, 0.5) is 0 Å². The minimum absolute atomic E-state index is 0.403. The predicted octanol–water partition coefficient (Wildman–Crippen LogP) is 2.13. The molecule has 0 aromatic heterocycles. The van der Waals surface area contributed by atoms with E-state index >= 15 is 0 Å². The van der Waals surface area contributed by atoms with E-state index in [-0.39, 0.29) is 0 Å². The summed E-state index contributed by atoms with van der Waals surface area (Å²) in [6.07, 6.45) is 2.89. The van der Waals surface area contributed by atoms with E-state index in [2.05, 4.69) is 24.1 Å². The van der Waals surface area contributed by atoms with Crippen molar-refractivity contribution >= 4 is 0 Å². The molecule has 0 aromatic rings. The maximum absolute atomic E-state index is 3.93. The van der Waals surface area contributed by atoms with Crippen LogP contribution in [0.25, 0.3) is 0 Å². The van der Waals surface area contributed by atoms with Crippen molar-refractivity contribution < 1.29 is 0 Å². The summed E-state index contributed by atoms with van der Waals surface area (Å²) in [5.74, 6) is 0. The van der Waals surface area contributed by atoms with Gasteiger partial charge >= 0.3 is 0 Å². The Morgan fingerprint density at radius 2 is 2.50 bits per heavy atom. The molecule has 0 amide bonds. The van der Waals surface area contributed by atoms with Gasteiger partial charge in [-0.1, -0.05) is 5.57 Å². The van der Waals surface area contributed by atoms with Crippen molar-refractivity contribution in [3.05, 3.63) is 11.8 Å². The number of azo groups is 1. The van der Waals surface area contributed by atoms with E-state index < -0.39 is 0 Å². The van der Waals surface area contributed by atoms with Gasteiger partial charge in [0.2, 0.25) is 0 Å². The number of hydrogen-bond acceptors (Lipinski definition) is 2. The van der Waals surface area contributed by atoms with E-state index in [0.717, 1.165) is 6.42 Å². The van der Waals surface area contributed by atoms with Gasteiger partial charge in [0.05, 0.1) is 6.04 Å². The van der Waals surface area contributed by atoms with Crippen LogP contribution in [0.15, 0.2) is 22.0 Å². The maximum Gasteiger partial charge on any atom is 0.0722 e. The van der Waals surface area contributed by atoms with Crippen molar-refractivity contribution in [2.24, 2.45) is 10.2 Å². The molecule has 0 spiro atoms. The highest BCUT2D eigenvalue weighted by Gasteiger charge is 2.02. The van der Waals surface area contributed by atoms with Crippen LogP contribution < -0.4 is 0 Å². The van der Waals surface area contributed by atoms with Crippen LogP contribution in [0.5, 0.6) is 0 Å². The molecule has 1 aliphatic heterocycles. The van der Waals surface area contributed by atoms with Crippen LogP contribution in [-0.2, 0) is 0 Å². The van der Waals surface area contributed by atoms with Crippen molar-refractivity contribution in [2.45, 2.75) is 26.3 Å². The van der Waals surface area contributed by atoms with Gasteiger partial charge in [0.1, 0.15) is 0 Å². The number of hydrogen-bond donors (Lipinski definition) is 0. The smallest absolute Gasteiger partial charge is 0.0722 e. The molecule has 2 nitrogen and oxygen atoms in total. The predicted molar refractivity (Wildman–Crippen MR) is 32.7 cm³/mol. The minimum atomic E-state index is 0.403. The van der Waals surface area contributed by atoms with Crippen molar-refractivity contribution in [3.63, 3.8) is 0 Å². The van der Waals surface area contributed by atoms with E-state index in [1.54, 1.807) is 0 Å². The van der Waals surface area contributed by atoms with Gasteiger partial charge in [-0.25, -0.2) is 0 Å². The third kappa shape index (κ3) is 1.15. The summed E-state index contributed by atoms with van der Waals surface area (Å²) in [6, 6.07) is 0.403. The molecule has 0 saturated carbocycles. The first-order valence-electron chi connectivity index (χ1n) is 2.84. The molecule has 0 aliphatic carbocycles. The Labute approximate surface area is 49.3 Å². The van der Waals surface area contributed by atoms with Crippen LogP contribution in [-0.4, -0.2) is 6.04 Å². The Hall–Kier alpha value is -0.660. The largest absolute Gasteiger partial charge is 0.186 e. The second kappa shape index (κ2) is 2.07. The van der Waals surface area contributed by atoms with Gasteiger partial charge in [-0.3, -0.25) is 0 Å². The first-order chi connectivity index (χ1) is 3.79. The number of rotatable bonds is 0. The molecule has 1 unspecified atom stereocenters. The molecule has 1 aliphatic rings. The van der Waals surface area contributed by atoms with Crippen LogP contribution in [0.1, 0.15) is 20.3 Å². The van der Waals surface area contributed by atoms with Gasteiger partial charge in [-0.2, -0.15) is 10.2 Å². The summed E-state index contributed by atoms with van der Waals surface area (Å²) in [7, 11) is 0. The lowest BCUT2D eigenvalue weighted by molar-refractivity contribution is 0.668. The zero-order valence-electron chi connectivity index (χ0n) is 5.26. The fraction of sp³-hybridized carbons (Fsp3) is 0.667. The second-order valence-electron chi connectivity index (χ2n) is 2.26. The van der Waals surface area contributed by atoms with Crippen molar-refractivity contribution in [2.75, 3.05) is 0 Å². The summed E-state index contributed by atoms with van der Waals surface area (Å²) in [5, 5.41) is 7.73. The third-order valence-electron chi connectivity index (χ3n) is 1.16. The fourth-order valence-corrected chi connectivity index (χ4v) is 0.805. The zero-order valence-corrected chi connectivity index (χ0v) is 5.26. The topological polar surface area (TPSA) is 24.7 Å². The second-order valence-corrected chi connectivity index (χ2v) is 2.26. The quantitative estimate of drug-likeness (QED) is 0.456. The van der Waals surface area contributed by atoms with E-state index in [1.807, 2.05) is 6.20 Å². The molecule has 0 saturated heterocycles. The van der Waals surface area contributed by atoms with E-state index in [1.165, 1.54) is 5.57 Å². The van der Waals surface area contributed by atoms with Gasteiger partial charge in [0.15, 0.2) is 0 Å². The summed E-state index contributed by atoms with van der Waals surface area (Å²) in [6.45, 7) is 4.15. The Morgan fingerprint density at radius 3 is 2.88 bits per heavy atom. The van der Waals surface area contributed by atoms with Crippen molar-refractivity contribution in [1.29, 1.82) is 0 Å². The highest BCUT2D eigenvalue weighted by molar-refractivity contribution is 5.00. The molecule has 1 heterocycles. The molecule has 0 fully saturated rings. The number of nitrogens with zero attached hydrogens (tertiary/aromatic N) is 2. The molecule has 0 radical (unpaired) electrons. The fourth-order valence-electron chi connectivity index (χ4n) is 0.805. The van der Waals surface area contributed by atoms with Crippen molar-refractivity contribution in [3.8, 4) is 0 Å². The van der Waals surface area contributed by atoms with E-state index in [9.17, 15) is 0 Å². The van der Waals surface area contributed by atoms with Crippen LogP contribution in [0, 0.1) is 0 Å². The highest BCUT2D eigenvalue weighted by atomic mass is 15.1. The Morgan fingerprint density at radius 1 is 1.75 bits per heavy atom. The monoisotopic (exact) mass is 110 g/mol. The Bertz CT molecular complexity index is 135. The first-order valence-corrected chi connectivity index (χ1v) is 2.84. The SMILES string of the molecule is CC1=CN=NC(C)C1. The molecule has 44 valence electrons. The summed E-state index contributed by atoms with van der Waals surface area (Å²) < 4.78 is 0. The van der Waals surface area contributed by atoms with Crippen LogP contribution in [0.2, 0.25) is 0 Å². The van der Waals surface area contributed by atoms with E-state index in [4.69, 9.17) is 0 Å². The first kappa shape index (κ1) is 5.48. The lowest BCUT2D eigenvalue weighted by atomic mass is 10.1. The molecule has 0 aromatic carbocycles. The van der Waals surface area contributed by atoms with Crippen molar-refractivity contribution in [1.82, 2.24) is 0 Å². The minimum Gasteiger partial charge on any atom is -0.186 e. The van der Waals surface area contributed by atoms with Crippen LogP contribution >= 0.6 is 0 Å². The Kier molecular flexibility index (Phi) is 1.42. The Balaban J connectivity index is 2.59. The average molecular weight is 110 g/mol. The van der Waals surface area contributed by atoms with E-state index in [0.29, 0.717) is 6.04 Å². The lowest BCUT2D eigenvalue weighted by Crippen LogP contribution is -1.99.